The number of likely N-dealkylation sites (tertiary alicyclic amines) is 1. The fourth-order valence-corrected chi connectivity index (χ4v) is 3.41. The Kier molecular flexibility index (Phi) is 4.55. The average Bonchev–Trinajstić information content (AvgIpc) is 3.33. The molecule has 1 unspecified atom stereocenters. The zero-order valence-electron chi connectivity index (χ0n) is 14.1. The smallest absolute Gasteiger partial charge is 0.228 e. The maximum atomic E-state index is 6.01. The molecular formula is C18H20ClN5O. The van der Waals surface area contributed by atoms with Crippen LogP contribution in [0.5, 0.6) is 0 Å². The van der Waals surface area contributed by atoms with E-state index in [1.807, 2.05) is 30.5 Å². The lowest BCUT2D eigenvalue weighted by atomic mass is 10.2. The van der Waals surface area contributed by atoms with Gasteiger partial charge in [-0.1, -0.05) is 28.9 Å². The molecule has 0 amide bonds. The second kappa shape index (κ2) is 6.98. The van der Waals surface area contributed by atoms with E-state index in [1.165, 1.54) is 5.56 Å². The molecule has 3 heterocycles. The zero-order valence-corrected chi connectivity index (χ0v) is 14.9. The average molecular weight is 358 g/mol. The summed E-state index contributed by atoms with van der Waals surface area (Å²) < 4.78 is 7.47. The third-order valence-corrected chi connectivity index (χ3v) is 4.78. The minimum atomic E-state index is 0.457. The Morgan fingerprint density at radius 2 is 2.28 bits per heavy atom. The van der Waals surface area contributed by atoms with Crippen molar-refractivity contribution in [3.8, 4) is 11.4 Å². The molecule has 1 aliphatic rings. The van der Waals surface area contributed by atoms with Gasteiger partial charge in [-0.3, -0.25) is 4.68 Å². The quantitative estimate of drug-likeness (QED) is 0.700. The Morgan fingerprint density at radius 1 is 1.36 bits per heavy atom. The second-order valence-electron chi connectivity index (χ2n) is 6.51. The third kappa shape index (κ3) is 3.75. The molecule has 0 aliphatic carbocycles. The van der Waals surface area contributed by atoms with E-state index >= 15 is 0 Å². The van der Waals surface area contributed by atoms with Gasteiger partial charge in [0.05, 0.1) is 12.2 Å². The summed E-state index contributed by atoms with van der Waals surface area (Å²) in [7, 11) is 0. The summed E-state index contributed by atoms with van der Waals surface area (Å²) in [5.41, 5.74) is 2.08. The zero-order chi connectivity index (χ0) is 17.2. The Labute approximate surface area is 151 Å². The predicted octanol–water partition coefficient (Wildman–Crippen LogP) is 3.38. The van der Waals surface area contributed by atoms with Gasteiger partial charge >= 0.3 is 0 Å². The van der Waals surface area contributed by atoms with Crippen molar-refractivity contribution >= 4 is 11.6 Å². The van der Waals surface area contributed by atoms with Crippen LogP contribution in [0.3, 0.4) is 0 Å². The van der Waals surface area contributed by atoms with E-state index in [2.05, 4.69) is 37.9 Å². The molecule has 1 aromatic carbocycles. The van der Waals surface area contributed by atoms with Gasteiger partial charge in [-0.2, -0.15) is 10.1 Å². The van der Waals surface area contributed by atoms with E-state index < -0.39 is 0 Å². The van der Waals surface area contributed by atoms with Gasteiger partial charge in [-0.15, -0.1) is 0 Å². The number of nitrogens with zero attached hydrogens (tertiary/aromatic N) is 5. The molecule has 0 radical (unpaired) electrons. The van der Waals surface area contributed by atoms with Crippen LogP contribution in [-0.4, -0.2) is 44.5 Å². The Bertz CT molecular complexity index is 859. The van der Waals surface area contributed by atoms with Gasteiger partial charge < -0.3 is 9.42 Å². The lowest BCUT2D eigenvalue weighted by molar-refractivity contribution is 0.299. The van der Waals surface area contributed by atoms with Crippen LogP contribution < -0.4 is 0 Å². The van der Waals surface area contributed by atoms with Crippen molar-refractivity contribution < 1.29 is 4.52 Å². The van der Waals surface area contributed by atoms with E-state index in [1.54, 1.807) is 0 Å². The first kappa shape index (κ1) is 16.3. The molecule has 7 heteroatoms. The first-order chi connectivity index (χ1) is 12.2. The third-order valence-electron chi connectivity index (χ3n) is 4.55. The van der Waals surface area contributed by atoms with Crippen molar-refractivity contribution in [2.24, 2.45) is 0 Å². The number of benzene rings is 1. The molecule has 0 spiro atoms. The molecule has 3 aromatic rings. The van der Waals surface area contributed by atoms with Crippen molar-refractivity contribution in [2.45, 2.75) is 25.8 Å². The van der Waals surface area contributed by atoms with E-state index in [9.17, 15) is 0 Å². The van der Waals surface area contributed by atoms with Gasteiger partial charge in [0, 0.05) is 42.8 Å². The highest BCUT2D eigenvalue weighted by atomic mass is 35.5. The maximum absolute atomic E-state index is 6.01. The second-order valence-corrected chi connectivity index (χ2v) is 6.95. The molecule has 0 N–H and O–H groups in total. The Balaban J connectivity index is 1.33. The van der Waals surface area contributed by atoms with Crippen LogP contribution in [0.1, 0.15) is 23.9 Å². The van der Waals surface area contributed by atoms with Crippen LogP contribution >= 0.6 is 11.6 Å². The summed E-state index contributed by atoms with van der Waals surface area (Å²) in [5, 5.41) is 9.16. The highest BCUT2D eigenvalue weighted by Gasteiger charge is 2.24. The van der Waals surface area contributed by atoms with Crippen LogP contribution in [0.15, 0.2) is 41.2 Å². The lowest BCUT2D eigenvalue weighted by Crippen LogP contribution is -2.24. The maximum Gasteiger partial charge on any atom is 0.228 e. The van der Waals surface area contributed by atoms with E-state index in [4.69, 9.17) is 16.1 Å². The van der Waals surface area contributed by atoms with Crippen LogP contribution in [0.4, 0.5) is 0 Å². The molecule has 0 saturated carbocycles. The van der Waals surface area contributed by atoms with E-state index in [0.29, 0.717) is 22.8 Å². The van der Waals surface area contributed by atoms with Crippen LogP contribution in [-0.2, 0) is 6.42 Å². The van der Waals surface area contributed by atoms with E-state index in [0.717, 1.165) is 38.0 Å². The van der Waals surface area contributed by atoms with Gasteiger partial charge in [0.2, 0.25) is 11.7 Å². The summed E-state index contributed by atoms with van der Waals surface area (Å²) in [6.07, 6.45) is 5.90. The summed E-state index contributed by atoms with van der Waals surface area (Å²) in [6, 6.07) is 7.94. The number of aromatic nitrogens is 4. The number of halogens is 1. The van der Waals surface area contributed by atoms with Crippen LogP contribution in [0, 0.1) is 6.92 Å². The molecular weight excluding hydrogens is 338 g/mol. The topological polar surface area (TPSA) is 60.0 Å². The Hall–Kier alpha value is -2.18. The molecule has 1 atom stereocenters. The van der Waals surface area contributed by atoms with Crippen molar-refractivity contribution in [3.63, 3.8) is 0 Å². The van der Waals surface area contributed by atoms with Crippen molar-refractivity contribution in [1.82, 2.24) is 24.8 Å². The minimum Gasteiger partial charge on any atom is -0.339 e. The van der Waals surface area contributed by atoms with Gasteiger partial charge in [-0.05, 0) is 31.0 Å². The van der Waals surface area contributed by atoms with E-state index in [-0.39, 0.29) is 0 Å². The van der Waals surface area contributed by atoms with Crippen LogP contribution in [0.2, 0.25) is 5.02 Å². The molecule has 1 saturated heterocycles. The molecule has 6 nitrogen and oxygen atoms in total. The van der Waals surface area contributed by atoms with Crippen LogP contribution in [0.25, 0.3) is 11.4 Å². The normalized spacial score (nSPS) is 18.1. The fourth-order valence-electron chi connectivity index (χ4n) is 3.22. The summed E-state index contributed by atoms with van der Waals surface area (Å²) in [6.45, 7) is 5.06. The first-order valence-electron chi connectivity index (χ1n) is 8.49. The van der Waals surface area contributed by atoms with Crippen molar-refractivity contribution in [3.05, 3.63) is 53.1 Å². The summed E-state index contributed by atoms with van der Waals surface area (Å²) in [4.78, 5) is 6.90. The minimum absolute atomic E-state index is 0.457. The fraction of sp³-hybridized carbons (Fsp3) is 0.389. The lowest BCUT2D eigenvalue weighted by Gasteiger charge is -2.14. The van der Waals surface area contributed by atoms with Gasteiger partial charge in [-0.25, -0.2) is 0 Å². The number of hydrogen-bond donors (Lipinski definition) is 0. The van der Waals surface area contributed by atoms with Crippen molar-refractivity contribution in [2.75, 3.05) is 19.6 Å². The molecule has 4 rings (SSSR count). The highest BCUT2D eigenvalue weighted by molar-refractivity contribution is 6.30. The highest BCUT2D eigenvalue weighted by Crippen LogP contribution is 2.22. The molecule has 2 aromatic heterocycles. The van der Waals surface area contributed by atoms with Gasteiger partial charge in [0.15, 0.2) is 0 Å². The molecule has 130 valence electrons. The number of hydrogen-bond acceptors (Lipinski definition) is 5. The number of aryl methyl sites for hydroxylation is 1. The predicted molar refractivity (Wildman–Crippen MR) is 95.5 cm³/mol. The Morgan fingerprint density at radius 3 is 3.08 bits per heavy atom. The SMILES string of the molecule is Cc1cnn(C2CCN(CCc3nc(-c4cccc(Cl)c4)no3)C2)c1. The van der Waals surface area contributed by atoms with Gasteiger partial charge in [0.25, 0.3) is 0 Å². The first-order valence-corrected chi connectivity index (χ1v) is 8.87. The number of rotatable bonds is 5. The summed E-state index contributed by atoms with van der Waals surface area (Å²) in [5.74, 6) is 1.25. The van der Waals surface area contributed by atoms with Gasteiger partial charge in [0.1, 0.15) is 0 Å². The largest absolute Gasteiger partial charge is 0.339 e. The molecule has 1 fully saturated rings. The molecule has 1 aliphatic heterocycles. The monoisotopic (exact) mass is 357 g/mol. The standard InChI is InChI=1S/C18H20ClN5O/c1-13-10-20-24(11-13)16-5-7-23(12-16)8-6-17-21-18(22-25-17)14-3-2-4-15(19)9-14/h2-4,9-11,16H,5-8,12H2,1H3. The molecule has 25 heavy (non-hydrogen) atoms. The van der Waals surface area contributed by atoms with Crippen molar-refractivity contribution in [1.29, 1.82) is 0 Å². The molecule has 0 bridgehead atoms. The summed E-state index contributed by atoms with van der Waals surface area (Å²) >= 11 is 6.01.